The van der Waals surface area contributed by atoms with Crippen LogP contribution in [0.2, 0.25) is 0 Å². The first-order valence-electron chi connectivity index (χ1n) is 6.02. The molecule has 0 aromatic heterocycles. The number of hydrazine groups is 1. The molecule has 0 radical (unpaired) electrons. The Morgan fingerprint density at radius 3 is 2.11 bits per heavy atom. The predicted octanol–water partition coefficient (Wildman–Crippen LogP) is 2.39. The molecule has 0 aliphatic rings. The molecule has 0 saturated heterocycles. The van der Waals surface area contributed by atoms with Gasteiger partial charge in [0.25, 0.3) is 5.91 Å². The molecule has 0 heterocycles. The van der Waals surface area contributed by atoms with E-state index < -0.39 is 0 Å². The highest BCUT2D eigenvalue weighted by molar-refractivity contribution is 5.94. The third kappa shape index (κ3) is 2.85. The van der Waals surface area contributed by atoms with E-state index in [9.17, 15) is 4.79 Å². The van der Waals surface area contributed by atoms with Crippen molar-refractivity contribution in [2.24, 2.45) is 0 Å². The largest absolute Gasteiger partial charge is 0.399 e. The summed E-state index contributed by atoms with van der Waals surface area (Å²) in [7, 11) is 3.58. The van der Waals surface area contributed by atoms with Crippen LogP contribution in [-0.2, 0) is 0 Å². The summed E-state index contributed by atoms with van der Waals surface area (Å²) in [4.78, 5) is 12.3. The molecule has 98 valence electrons. The van der Waals surface area contributed by atoms with Crippen LogP contribution in [0.1, 0.15) is 10.4 Å². The van der Waals surface area contributed by atoms with Gasteiger partial charge in [-0.2, -0.15) is 0 Å². The van der Waals surface area contributed by atoms with Gasteiger partial charge < -0.3 is 5.73 Å². The van der Waals surface area contributed by atoms with E-state index in [-0.39, 0.29) is 5.91 Å². The molecule has 2 N–H and O–H groups in total. The van der Waals surface area contributed by atoms with Crippen LogP contribution in [0.3, 0.4) is 0 Å². The van der Waals surface area contributed by atoms with E-state index in [0.717, 1.165) is 5.69 Å². The maximum atomic E-state index is 12.3. The van der Waals surface area contributed by atoms with Crippen molar-refractivity contribution in [3.05, 3.63) is 60.2 Å². The van der Waals surface area contributed by atoms with Crippen molar-refractivity contribution in [3.8, 4) is 0 Å². The molecule has 0 fully saturated rings. The zero-order chi connectivity index (χ0) is 13.8. The van der Waals surface area contributed by atoms with E-state index >= 15 is 0 Å². The second-order valence-corrected chi connectivity index (χ2v) is 4.31. The SMILES string of the molecule is CN(C(=O)c1ccccc1)N(C)c1ccc(N)cc1. The van der Waals surface area contributed by atoms with Crippen molar-refractivity contribution in [1.82, 2.24) is 5.01 Å². The lowest BCUT2D eigenvalue weighted by Crippen LogP contribution is -2.41. The van der Waals surface area contributed by atoms with E-state index in [0.29, 0.717) is 11.3 Å². The first kappa shape index (κ1) is 13.0. The predicted molar refractivity (Wildman–Crippen MR) is 77.8 cm³/mol. The number of hydrogen-bond acceptors (Lipinski definition) is 3. The molecule has 0 atom stereocenters. The molecule has 0 saturated carbocycles. The van der Waals surface area contributed by atoms with E-state index in [2.05, 4.69) is 0 Å². The van der Waals surface area contributed by atoms with E-state index in [1.807, 2.05) is 49.5 Å². The fourth-order valence-electron chi connectivity index (χ4n) is 1.77. The van der Waals surface area contributed by atoms with Crippen molar-refractivity contribution >= 4 is 17.3 Å². The third-order valence-corrected chi connectivity index (χ3v) is 3.03. The number of benzene rings is 2. The summed E-state index contributed by atoms with van der Waals surface area (Å²) in [6.07, 6.45) is 0. The Morgan fingerprint density at radius 2 is 1.53 bits per heavy atom. The molecule has 19 heavy (non-hydrogen) atoms. The Bertz CT molecular complexity index is 551. The maximum Gasteiger partial charge on any atom is 0.272 e. The highest BCUT2D eigenvalue weighted by Gasteiger charge is 2.15. The second-order valence-electron chi connectivity index (χ2n) is 4.31. The van der Waals surface area contributed by atoms with Crippen LogP contribution < -0.4 is 10.7 Å². The Morgan fingerprint density at radius 1 is 0.947 bits per heavy atom. The van der Waals surface area contributed by atoms with Crippen molar-refractivity contribution in [2.75, 3.05) is 24.8 Å². The molecule has 0 spiro atoms. The normalized spacial score (nSPS) is 10.0. The zero-order valence-corrected chi connectivity index (χ0v) is 11.1. The van der Waals surface area contributed by atoms with Gasteiger partial charge in [-0.05, 0) is 36.4 Å². The Hall–Kier alpha value is -2.49. The number of nitrogens with zero attached hydrogens (tertiary/aromatic N) is 2. The summed E-state index contributed by atoms with van der Waals surface area (Å²) in [5.41, 5.74) is 7.92. The Labute approximate surface area is 113 Å². The number of carbonyl (C=O) groups is 1. The maximum absolute atomic E-state index is 12.3. The number of anilines is 2. The molecule has 1 amide bonds. The molecule has 2 aromatic rings. The molecule has 0 aliphatic carbocycles. The van der Waals surface area contributed by atoms with Gasteiger partial charge in [-0.3, -0.25) is 14.8 Å². The third-order valence-electron chi connectivity index (χ3n) is 3.03. The highest BCUT2D eigenvalue weighted by Crippen LogP contribution is 2.17. The number of nitrogens with two attached hydrogens (primary N) is 1. The van der Waals surface area contributed by atoms with E-state index in [1.54, 1.807) is 29.2 Å². The van der Waals surface area contributed by atoms with Crippen molar-refractivity contribution in [1.29, 1.82) is 0 Å². The standard InChI is InChI=1S/C15H17N3O/c1-17(14-10-8-13(16)9-11-14)18(2)15(19)12-6-4-3-5-7-12/h3-11H,16H2,1-2H3. The fraction of sp³-hybridized carbons (Fsp3) is 0.133. The molecular weight excluding hydrogens is 238 g/mol. The monoisotopic (exact) mass is 255 g/mol. The van der Waals surface area contributed by atoms with Crippen LogP contribution in [0.5, 0.6) is 0 Å². The molecular formula is C15H17N3O. The minimum Gasteiger partial charge on any atom is -0.399 e. The van der Waals surface area contributed by atoms with Crippen molar-refractivity contribution in [2.45, 2.75) is 0 Å². The van der Waals surface area contributed by atoms with Crippen molar-refractivity contribution < 1.29 is 4.79 Å². The topological polar surface area (TPSA) is 49.6 Å². The summed E-state index contributed by atoms with van der Waals surface area (Å²) in [6.45, 7) is 0. The van der Waals surface area contributed by atoms with Crippen LogP contribution in [-0.4, -0.2) is 25.0 Å². The molecule has 4 nitrogen and oxygen atoms in total. The smallest absolute Gasteiger partial charge is 0.272 e. The first-order valence-corrected chi connectivity index (χ1v) is 6.02. The number of nitrogen functional groups attached to an aromatic ring is 1. The lowest BCUT2D eigenvalue weighted by Gasteiger charge is -2.30. The summed E-state index contributed by atoms with van der Waals surface area (Å²) in [5.74, 6) is -0.0556. The van der Waals surface area contributed by atoms with Crippen LogP contribution >= 0.6 is 0 Å². The van der Waals surface area contributed by atoms with Gasteiger partial charge in [-0.1, -0.05) is 18.2 Å². The van der Waals surface area contributed by atoms with Crippen LogP contribution in [0, 0.1) is 0 Å². The van der Waals surface area contributed by atoms with Crippen LogP contribution in [0.15, 0.2) is 54.6 Å². The van der Waals surface area contributed by atoms with E-state index in [4.69, 9.17) is 5.73 Å². The number of carbonyl (C=O) groups excluding carboxylic acids is 1. The van der Waals surface area contributed by atoms with Crippen LogP contribution in [0.25, 0.3) is 0 Å². The first-order chi connectivity index (χ1) is 9.09. The molecule has 2 rings (SSSR count). The molecule has 0 aliphatic heterocycles. The fourth-order valence-corrected chi connectivity index (χ4v) is 1.77. The highest BCUT2D eigenvalue weighted by atomic mass is 16.2. The van der Waals surface area contributed by atoms with Gasteiger partial charge in [0.05, 0.1) is 5.69 Å². The van der Waals surface area contributed by atoms with E-state index in [1.165, 1.54) is 0 Å². The van der Waals surface area contributed by atoms with Crippen molar-refractivity contribution in [3.63, 3.8) is 0 Å². The lowest BCUT2D eigenvalue weighted by atomic mass is 10.2. The summed E-state index contributed by atoms with van der Waals surface area (Å²) in [5, 5.41) is 3.36. The van der Waals surface area contributed by atoms with Gasteiger partial charge in [0.15, 0.2) is 0 Å². The molecule has 2 aromatic carbocycles. The second kappa shape index (κ2) is 5.44. The number of amides is 1. The van der Waals surface area contributed by atoms with Gasteiger partial charge in [0.2, 0.25) is 0 Å². The van der Waals surface area contributed by atoms with Gasteiger partial charge in [-0.15, -0.1) is 0 Å². The number of rotatable bonds is 3. The minimum absolute atomic E-state index is 0.0556. The van der Waals surface area contributed by atoms with Gasteiger partial charge >= 0.3 is 0 Å². The van der Waals surface area contributed by atoms with Gasteiger partial charge in [0.1, 0.15) is 0 Å². The molecule has 4 heteroatoms. The van der Waals surface area contributed by atoms with Gasteiger partial charge in [0, 0.05) is 25.3 Å². The summed E-state index contributed by atoms with van der Waals surface area (Å²) >= 11 is 0. The summed E-state index contributed by atoms with van der Waals surface area (Å²) in [6, 6.07) is 16.6. The average Bonchev–Trinajstić information content (AvgIpc) is 2.46. The zero-order valence-electron chi connectivity index (χ0n) is 11.1. The van der Waals surface area contributed by atoms with Crippen LogP contribution in [0.4, 0.5) is 11.4 Å². The lowest BCUT2D eigenvalue weighted by molar-refractivity contribution is 0.0787. The summed E-state index contributed by atoms with van der Waals surface area (Å²) < 4.78 is 0. The molecule has 0 unspecified atom stereocenters. The van der Waals surface area contributed by atoms with Gasteiger partial charge in [-0.25, -0.2) is 0 Å². The molecule has 0 bridgehead atoms. The Kier molecular flexibility index (Phi) is 3.71. The number of hydrogen-bond donors (Lipinski definition) is 1. The quantitative estimate of drug-likeness (QED) is 0.676. The minimum atomic E-state index is -0.0556. The Balaban J connectivity index is 2.17. The average molecular weight is 255 g/mol.